The van der Waals surface area contributed by atoms with E-state index in [1.165, 1.54) is 4.68 Å². The van der Waals surface area contributed by atoms with Gasteiger partial charge in [0.25, 0.3) is 0 Å². The summed E-state index contributed by atoms with van der Waals surface area (Å²) in [6.07, 6.45) is 3.50. The fraction of sp³-hybridized carbons (Fsp3) is 0.143. The molecule has 2 heterocycles. The Balaban J connectivity index is 2.62. The highest BCUT2D eigenvalue weighted by Crippen LogP contribution is 2.23. The van der Waals surface area contributed by atoms with Gasteiger partial charge in [-0.15, -0.1) is 5.10 Å². The average molecular weight is 180 g/mol. The number of fused-ring (bicyclic) bond motifs is 1. The summed E-state index contributed by atoms with van der Waals surface area (Å²) in [6.45, 7) is 0.589. The summed E-state index contributed by atoms with van der Waals surface area (Å²) in [7, 11) is 0. The molecule has 6 heteroatoms. The monoisotopic (exact) mass is 180 g/mol. The van der Waals surface area contributed by atoms with Gasteiger partial charge in [-0.1, -0.05) is 0 Å². The number of aromatic nitrogens is 2. The normalized spacial score (nSPS) is 13.5. The van der Waals surface area contributed by atoms with Gasteiger partial charge in [-0.25, -0.2) is 9.48 Å². The summed E-state index contributed by atoms with van der Waals surface area (Å²) in [6, 6.07) is 0. The maximum Gasteiger partial charge on any atom is 0.343 e. The summed E-state index contributed by atoms with van der Waals surface area (Å²) in [4.78, 5) is 10.8. The van der Waals surface area contributed by atoms with Crippen LogP contribution in [0.2, 0.25) is 0 Å². The smallest absolute Gasteiger partial charge is 0.343 e. The lowest BCUT2D eigenvalue weighted by Gasteiger charge is -2.09. The second-order valence-electron chi connectivity index (χ2n) is 2.62. The minimum Gasteiger partial charge on any atom is -0.477 e. The van der Waals surface area contributed by atoms with Crippen LogP contribution in [0.5, 0.6) is 0 Å². The number of hydrogen-bond acceptors (Lipinski definition) is 4. The first-order valence-corrected chi connectivity index (χ1v) is 3.72. The Hall–Kier alpha value is -1.98. The Morgan fingerprint density at radius 2 is 2.54 bits per heavy atom. The molecule has 0 bridgehead atoms. The summed E-state index contributed by atoms with van der Waals surface area (Å²) in [5.41, 5.74) is 5.47. The molecule has 13 heavy (non-hydrogen) atoms. The van der Waals surface area contributed by atoms with Gasteiger partial charge in [-0.05, 0) is 6.08 Å². The van der Waals surface area contributed by atoms with Crippen LogP contribution in [0.4, 0.5) is 11.6 Å². The Morgan fingerprint density at radius 3 is 3.23 bits per heavy atom. The number of nitrogens with two attached hydrogens (primary N) is 1. The largest absolute Gasteiger partial charge is 0.477 e. The molecule has 2 rings (SSSR count). The molecule has 0 amide bonds. The van der Waals surface area contributed by atoms with Crippen LogP contribution >= 0.6 is 0 Å². The van der Waals surface area contributed by atoms with Gasteiger partial charge in [0, 0.05) is 12.7 Å². The number of carboxylic acids is 1. The van der Waals surface area contributed by atoms with Crippen LogP contribution in [0.3, 0.4) is 0 Å². The third-order valence-corrected chi connectivity index (χ3v) is 1.79. The van der Waals surface area contributed by atoms with Crippen molar-refractivity contribution in [3.63, 3.8) is 0 Å². The van der Waals surface area contributed by atoms with Crippen molar-refractivity contribution < 1.29 is 9.90 Å². The second-order valence-corrected chi connectivity index (χ2v) is 2.62. The number of nitrogen functional groups attached to an aromatic ring is 1. The first-order chi connectivity index (χ1) is 6.20. The molecule has 0 aromatic carbocycles. The zero-order valence-electron chi connectivity index (χ0n) is 6.69. The summed E-state index contributed by atoms with van der Waals surface area (Å²) in [5.74, 6) is -0.601. The van der Waals surface area contributed by atoms with Gasteiger partial charge in [-0.2, -0.15) is 0 Å². The lowest BCUT2D eigenvalue weighted by atomic mass is 10.3. The third-order valence-electron chi connectivity index (χ3n) is 1.79. The van der Waals surface area contributed by atoms with E-state index < -0.39 is 5.97 Å². The van der Waals surface area contributed by atoms with Crippen LogP contribution in [0.1, 0.15) is 10.4 Å². The van der Waals surface area contributed by atoms with Crippen LogP contribution in [-0.4, -0.2) is 27.4 Å². The maximum absolute atomic E-state index is 10.8. The molecular weight excluding hydrogens is 172 g/mol. The van der Waals surface area contributed by atoms with Gasteiger partial charge in [0.1, 0.15) is 11.4 Å². The van der Waals surface area contributed by atoms with Gasteiger partial charge in [-0.3, -0.25) is 0 Å². The van der Waals surface area contributed by atoms with Gasteiger partial charge in [0.15, 0.2) is 5.82 Å². The fourth-order valence-electron chi connectivity index (χ4n) is 1.25. The number of aromatic carboxylic acids is 1. The quantitative estimate of drug-likeness (QED) is 0.568. The molecule has 1 aromatic heterocycles. The molecule has 4 N–H and O–H groups in total. The number of nitrogens with one attached hydrogen (secondary N) is 1. The summed E-state index contributed by atoms with van der Waals surface area (Å²) in [5, 5.41) is 15.5. The van der Waals surface area contributed by atoms with E-state index in [1.807, 2.05) is 6.08 Å². The molecule has 1 aliphatic heterocycles. The van der Waals surface area contributed by atoms with Crippen LogP contribution in [-0.2, 0) is 0 Å². The molecule has 0 aliphatic carbocycles. The predicted molar refractivity (Wildman–Crippen MR) is 47.4 cm³/mol. The summed E-state index contributed by atoms with van der Waals surface area (Å²) < 4.78 is 1.42. The van der Waals surface area contributed by atoms with Gasteiger partial charge in [0.2, 0.25) is 0 Å². The molecule has 68 valence electrons. The van der Waals surface area contributed by atoms with Gasteiger partial charge >= 0.3 is 5.97 Å². The maximum atomic E-state index is 10.8. The number of nitrogens with zero attached hydrogens (tertiary/aromatic N) is 2. The molecule has 0 fully saturated rings. The van der Waals surface area contributed by atoms with Crippen molar-refractivity contribution in [2.45, 2.75) is 0 Å². The highest BCUT2D eigenvalue weighted by Gasteiger charge is 2.21. The Kier molecular flexibility index (Phi) is 1.48. The van der Waals surface area contributed by atoms with E-state index in [0.29, 0.717) is 12.4 Å². The molecule has 6 nitrogen and oxygen atoms in total. The van der Waals surface area contributed by atoms with Crippen molar-refractivity contribution in [1.29, 1.82) is 0 Å². The lowest BCUT2D eigenvalue weighted by Crippen LogP contribution is -2.12. The molecule has 0 spiro atoms. The number of rotatable bonds is 1. The molecule has 0 unspecified atom stereocenters. The third kappa shape index (κ3) is 1.03. The zero-order chi connectivity index (χ0) is 9.42. The van der Waals surface area contributed by atoms with Crippen molar-refractivity contribution in [2.24, 2.45) is 0 Å². The average Bonchev–Trinajstić information content (AvgIpc) is 2.39. The van der Waals surface area contributed by atoms with E-state index >= 15 is 0 Å². The minimum atomic E-state index is -1.07. The van der Waals surface area contributed by atoms with Gasteiger partial charge in [0.05, 0.1) is 0 Å². The SMILES string of the molecule is Nc1nn2c(c1C(=O)O)NCC=C2. The van der Waals surface area contributed by atoms with Crippen molar-refractivity contribution in [2.75, 3.05) is 17.6 Å². The van der Waals surface area contributed by atoms with Crippen molar-refractivity contribution in [1.82, 2.24) is 9.78 Å². The van der Waals surface area contributed by atoms with E-state index in [9.17, 15) is 4.79 Å². The van der Waals surface area contributed by atoms with Crippen LogP contribution in [0.25, 0.3) is 6.20 Å². The molecule has 1 aliphatic rings. The highest BCUT2D eigenvalue weighted by molar-refractivity contribution is 5.99. The molecule has 1 aromatic rings. The molecule has 0 radical (unpaired) electrons. The molecule has 0 saturated heterocycles. The second kappa shape index (κ2) is 2.51. The topological polar surface area (TPSA) is 93.2 Å². The van der Waals surface area contributed by atoms with Crippen molar-refractivity contribution in [3.8, 4) is 0 Å². The number of carboxylic acid groups (broad SMARTS) is 1. The number of anilines is 2. The number of hydrogen-bond donors (Lipinski definition) is 3. The van der Waals surface area contributed by atoms with E-state index in [0.717, 1.165) is 0 Å². The standard InChI is InChI=1S/C7H8N4O2/c8-5-4(7(12)13)6-9-2-1-3-11(6)10-5/h1,3,9H,2H2,(H2,8,10)(H,12,13). The Bertz CT molecular complexity index is 393. The highest BCUT2D eigenvalue weighted by atomic mass is 16.4. The van der Waals surface area contributed by atoms with Crippen molar-refractivity contribution in [3.05, 3.63) is 11.6 Å². The predicted octanol–water partition coefficient (Wildman–Crippen LogP) is 0.0597. The Morgan fingerprint density at radius 1 is 1.77 bits per heavy atom. The van der Waals surface area contributed by atoms with Crippen molar-refractivity contribution >= 4 is 23.8 Å². The first-order valence-electron chi connectivity index (χ1n) is 3.72. The van der Waals surface area contributed by atoms with E-state index in [4.69, 9.17) is 10.8 Å². The van der Waals surface area contributed by atoms with Gasteiger partial charge < -0.3 is 16.2 Å². The molecule has 0 saturated carbocycles. The zero-order valence-corrected chi connectivity index (χ0v) is 6.69. The van der Waals surface area contributed by atoms with E-state index in [1.54, 1.807) is 6.20 Å². The first kappa shape index (κ1) is 7.66. The van der Waals surface area contributed by atoms with E-state index in [-0.39, 0.29) is 11.4 Å². The molecular formula is C7H8N4O2. The summed E-state index contributed by atoms with van der Waals surface area (Å²) >= 11 is 0. The lowest BCUT2D eigenvalue weighted by molar-refractivity contribution is 0.0699. The van der Waals surface area contributed by atoms with E-state index in [2.05, 4.69) is 10.4 Å². The van der Waals surface area contributed by atoms with Crippen LogP contribution in [0.15, 0.2) is 6.08 Å². The Labute approximate surface area is 73.6 Å². The van der Waals surface area contributed by atoms with Crippen LogP contribution in [0, 0.1) is 0 Å². The minimum absolute atomic E-state index is 0.0292. The fourth-order valence-corrected chi connectivity index (χ4v) is 1.25. The molecule has 0 atom stereocenters. The van der Waals surface area contributed by atoms with Crippen LogP contribution < -0.4 is 11.1 Å². The number of carbonyl (C=O) groups is 1.